The number of phenolic OH excluding ortho intramolecular Hbond substituents is 1. The first-order chi connectivity index (χ1) is 13.2. The van der Waals surface area contributed by atoms with E-state index in [1.54, 1.807) is 36.4 Å². The van der Waals surface area contributed by atoms with Crippen molar-refractivity contribution in [2.24, 2.45) is 0 Å². The highest BCUT2D eigenvalue weighted by Gasteiger charge is 2.08. The van der Waals surface area contributed by atoms with Crippen LogP contribution in [0, 0.1) is 0 Å². The van der Waals surface area contributed by atoms with Gasteiger partial charge in [0.1, 0.15) is 18.1 Å². The molecule has 0 spiro atoms. The Morgan fingerprint density at radius 3 is 2.33 bits per heavy atom. The third kappa shape index (κ3) is 5.61. The lowest BCUT2D eigenvalue weighted by Crippen LogP contribution is -2.07. The van der Waals surface area contributed by atoms with E-state index in [2.05, 4.69) is 0 Å². The molecule has 0 heterocycles. The molecule has 0 amide bonds. The second-order valence-electron chi connectivity index (χ2n) is 6.17. The molecule has 0 aliphatic heterocycles. The van der Waals surface area contributed by atoms with Crippen LogP contribution in [0.2, 0.25) is 0 Å². The predicted molar refractivity (Wildman–Crippen MR) is 104 cm³/mol. The van der Waals surface area contributed by atoms with E-state index in [0.29, 0.717) is 37.4 Å². The summed E-state index contributed by atoms with van der Waals surface area (Å²) in [7, 11) is 0. The average Bonchev–Trinajstić information content (AvgIpc) is 2.72. The Balaban J connectivity index is 1.48. The highest BCUT2D eigenvalue weighted by molar-refractivity contribution is 5.89. The van der Waals surface area contributed by atoms with E-state index in [1.165, 1.54) is 0 Å². The van der Waals surface area contributed by atoms with Gasteiger partial charge in [-0.15, -0.1) is 0 Å². The molecule has 3 rings (SSSR count). The van der Waals surface area contributed by atoms with Crippen LogP contribution in [0.4, 0.5) is 0 Å². The molecule has 1 N–H and O–H groups in total. The van der Waals surface area contributed by atoms with Gasteiger partial charge in [0.25, 0.3) is 0 Å². The predicted octanol–water partition coefficient (Wildman–Crippen LogP) is 4.76. The lowest BCUT2D eigenvalue weighted by atomic mass is 10.1. The van der Waals surface area contributed by atoms with Gasteiger partial charge in [-0.3, -0.25) is 0 Å². The minimum Gasteiger partial charge on any atom is -0.508 e. The van der Waals surface area contributed by atoms with Crippen molar-refractivity contribution in [2.45, 2.75) is 19.4 Å². The van der Waals surface area contributed by atoms with Crippen molar-refractivity contribution in [1.82, 2.24) is 0 Å². The van der Waals surface area contributed by atoms with Crippen LogP contribution in [0.25, 0.3) is 0 Å². The fourth-order valence-corrected chi connectivity index (χ4v) is 2.68. The number of hydrogen-bond acceptors (Lipinski definition) is 4. The topological polar surface area (TPSA) is 55.8 Å². The van der Waals surface area contributed by atoms with Gasteiger partial charge < -0.3 is 14.6 Å². The molecule has 0 bridgehead atoms. The van der Waals surface area contributed by atoms with Gasteiger partial charge in [0, 0.05) is 0 Å². The van der Waals surface area contributed by atoms with Crippen molar-refractivity contribution < 1.29 is 19.4 Å². The Kier molecular flexibility index (Phi) is 6.47. The summed E-state index contributed by atoms with van der Waals surface area (Å²) in [6.07, 6.45) is 1.21. The van der Waals surface area contributed by atoms with E-state index in [0.717, 1.165) is 11.1 Å². The minimum atomic E-state index is -0.334. The van der Waals surface area contributed by atoms with E-state index in [4.69, 9.17) is 9.47 Å². The number of carbonyl (C=O) groups excluding carboxylic acids is 1. The molecule has 0 atom stereocenters. The largest absolute Gasteiger partial charge is 0.508 e. The lowest BCUT2D eigenvalue weighted by Gasteiger charge is -2.10. The summed E-state index contributed by atoms with van der Waals surface area (Å²) in [5.74, 6) is 0.587. The number of aryl methyl sites for hydroxylation is 1. The molecule has 0 unspecified atom stereocenters. The third-order valence-electron chi connectivity index (χ3n) is 4.13. The molecule has 138 valence electrons. The van der Waals surface area contributed by atoms with E-state index in [1.807, 2.05) is 42.5 Å². The number of aromatic hydroxyl groups is 1. The molecule has 0 saturated carbocycles. The molecular weight excluding hydrogens is 340 g/mol. The number of carbonyl (C=O) groups is 1. The van der Waals surface area contributed by atoms with Gasteiger partial charge in [0.15, 0.2) is 0 Å². The lowest BCUT2D eigenvalue weighted by molar-refractivity contribution is 0.0500. The molecule has 3 aromatic carbocycles. The molecule has 4 heteroatoms. The van der Waals surface area contributed by atoms with E-state index < -0.39 is 0 Å². The van der Waals surface area contributed by atoms with Gasteiger partial charge in [0.05, 0.1) is 12.2 Å². The molecule has 0 fully saturated rings. The van der Waals surface area contributed by atoms with E-state index >= 15 is 0 Å². The third-order valence-corrected chi connectivity index (χ3v) is 4.13. The summed E-state index contributed by atoms with van der Waals surface area (Å²) < 4.78 is 11.1. The standard InChI is InChI=1S/C23H22O4/c24-22-14-13-21(27-17-18-8-3-1-4-9-18)16-20(22)12-7-15-26-23(25)19-10-5-2-6-11-19/h1-6,8-11,13-14,16,24H,7,12,15,17H2. The molecule has 0 aliphatic carbocycles. The van der Waals surface area contributed by atoms with Gasteiger partial charge in [0.2, 0.25) is 0 Å². The molecule has 0 aliphatic rings. The van der Waals surface area contributed by atoms with E-state index in [9.17, 15) is 9.90 Å². The van der Waals surface area contributed by atoms with Crippen LogP contribution in [-0.4, -0.2) is 17.7 Å². The van der Waals surface area contributed by atoms with Crippen molar-refractivity contribution in [2.75, 3.05) is 6.61 Å². The summed E-state index contributed by atoms with van der Waals surface area (Å²) in [4.78, 5) is 11.9. The number of benzene rings is 3. The zero-order chi connectivity index (χ0) is 18.9. The molecular formula is C23H22O4. The number of hydrogen-bond donors (Lipinski definition) is 1. The van der Waals surface area contributed by atoms with Crippen LogP contribution in [0.5, 0.6) is 11.5 Å². The maximum Gasteiger partial charge on any atom is 0.338 e. The normalized spacial score (nSPS) is 10.4. The molecule has 27 heavy (non-hydrogen) atoms. The Hall–Kier alpha value is -3.27. The number of rotatable bonds is 8. The van der Waals surface area contributed by atoms with Gasteiger partial charge in [-0.25, -0.2) is 4.79 Å². The van der Waals surface area contributed by atoms with Crippen molar-refractivity contribution >= 4 is 5.97 Å². The summed E-state index contributed by atoms with van der Waals surface area (Å²) in [5, 5.41) is 10.0. The van der Waals surface area contributed by atoms with Gasteiger partial charge in [-0.1, -0.05) is 48.5 Å². The first-order valence-corrected chi connectivity index (χ1v) is 8.93. The molecule has 0 aromatic heterocycles. The fraction of sp³-hybridized carbons (Fsp3) is 0.174. The maximum atomic E-state index is 11.9. The Labute approximate surface area is 159 Å². The van der Waals surface area contributed by atoms with Crippen LogP contribution < -0.4 is 4.74 Å². The highest BCUT2D eigenvalue weighted by atomic mass is 16.5. The quantitative estimate of drug-likeness (QED) is 0.464. The average molecular weight is 362 g/mol. The van der Waals surface area contributed by atoms with Crippen molar-refractivity contribution in [3.63, 3.8) is 0 Å². The van der Waals surface area contributed by atoms with Crippen molar-refractivity contribution in [3.8, 4) is 11.5 Å². The Morgan fingerprint density at radius 2 is 1.59 bits per heavy atom. The van der Waals surface area contributed by atoms with Crippen molar-refractivity contribution in [3.05, 3.63) is 95.6 Å². The highest BCUT2D eigenvalue weighted by Crippen LogP contribution is 2.25. The second kappa shape index (κ2) is 9.43. The van der Waals surface area contributed by atoms with Crippen LogP contribution in [-0.2, 0) is 17.8 Å². The number of ether oxygens (including phenoxy) is 2. The van der Waals surface area contributed by atoms with Crippen LogP contribution in [0.1, 0.15) is 27.9 Å². The van der Waals surface area contributed by atoms with Crippen molar-refractivity contribution in [1.29, 1.82) is 0 Å². The first kappa shape index (κ1) is 18.5. The molecule has 0 saturated heterocycles. The molecule has 4 nitrogen and oxygen atoms in total. The minimum absolute atomic E-state index is 0.219. The van der Waals surface area contributed by atoms with Gasteiger partial charge in [-0.05, 0) is 54.3 Å². The van der Waals surface area contributed by atoms with Crippen LogP contribution >= 0.6 is 0 Å². The second-order valence-corrected chi connectivity index (χ2v) is 6.17. The first-order valence-electron chi connectivity index (χ1n) is 8.93. The van der Waals surface area contributed by atoms with Gasteiger partial charge in [-0.2, -0.15) is 0 Å². The maximum absolute atomic E-state index is 11.9. The number of phenols is 1. The monoisotopic (exact) mass is 362 g/mol. The van der Waals surface area contributed by atoms with E-state index in [-0.39, 0.29) is 11.7 Å². The summed E-state index contributed by atoms with van der Waals surface area (Å²) in [6.45, 7) is 0.766. The Morgan fingerprint density at radius 1 is 0.889 bits per heavy atom. The molecule has 0 radical (unpaired) electrons. The van der Waals surface area contributed by atoms with Crippen LogP contribution in [0.3, 0.4) is 0 Å². The van der Waals surface area contributed by atoms with Crippen LogP contribution in [0.15, 0.2) is 78.9 Å². The summed E-state index contributed by atoms with van der Waals surface area (Å²) in [6, 6.07) is 24.0. The van der Waals surface area contributed by atoms with Gasteiger partial charge >= 0.3 is 5.97 Å². The summed E-state index contributed by atoms with van der Waals surface area (Å²) in [5.41, 5.74) is 2.40. The number of esters is 1. The molecule has 3 aromatic rings. The smallest absolute Gasteiger partial charge is 0.338 e. The Bertz CT molecular complexity index is 860. The summed E-state index contributed by atoms with van der Waals surface area (Å²) >= 11 is 0. The zero-order valence-corrected chi connectivity index (χ0v) is 15.0. The zero-order valence-electron chi connectivity index (χ0n) is 15.0. The SMILES string of the molecule is O=C(OCCCc1cc(OCc2ccccc2)ccc1O)c1ccccc1. The fourth-order valence-electron chi connectivity index (χ4n) is 2.68.